The van der Waals surface area contributed by atoms with E-state index in [1.54, 1.807) is 17.4 Å². The highest BCUT2D eigenvalue weighted by atomic mass is 32.1. The van der Waals surface area contributed by atoms with Crippen molar-refractivity contribution < 1.29 is 14.3 Å². The molecule has 0 fully saturated rings. The third-order valence-corrected chi connectivity index (χ3v) is 6.57. The quantitative estimate of drug-likeness (QED) is 0.462. The van der Waals surface area contributed by atoms with Gasteiger partial charge in [0.2, 0.25) is 0 Å². The van der Waals surface area contributed by atoms with E-state index in [-0.39, 0.29) is 18.6 Å². The number of aryl methyl sites for hydroxylation is 1. The van der Waals surface area contributed by atoms with Gasteiger partial charge in [0.15, 0.2) is 6.61 Å². The van der Waals surface area contributed by atoms with Crippen LogP contribution in [0, 0.1) is 6.92 Å². The average Bonchev–Trinajstić information content (AvgIpc) is 3.45. The fourth-order valence-corrected chi connectivity index (χ4v) is 4.80. The molecule has 1 amide bonds. The summed E-state index contributed by atoms with van der Waals surface area (Å²) in [6.07, 6.45) is 0. The highest BCUT2D eigenvalue weighted by Crippen LogP contribution is 2.30. The molecule has 3 aromatic heterocycles. The molecule has 0 spiro atoms. The Balaban J connectivity index is 1.44. The predicted molar refractivity (Wildman–Crippen MR) is 115 cm³/mol. The van der Waals surface area contributed by atoms with E-state index >= 15 is 0 Å². The number of aromatic nitrogens is 2. The Morgan fingerprint density at radius 3 is 2.72 bits per heavy atom. The first-order chi connectivity index (χ1) is 14.0. The molecule has 3 heterocycles. The van der Waals surface area contributed by atoms with Gasteiger partial charge in [-0.3, -0.25) is 4.79 Å². The Bertz CT molecular complexity index is 1150. The number of rotatable bonds is 6. The second-order valence-corrected chi connectivity index (χ2v) is 8.55. The summed E-state index contributed by atoms with van der Waals surface area (Å²) in [5, 5.41) is 10.3. The van der Waals surface area contributed by atoms with Crippen molar-refractivity contribution in [2.45, 2.75) is 19.9 Å². The largest absolute Gasteiger partial charge is 0.451 e. The van der Waals surface area contributed by atoms with E-state index in [0.29, 0.717) is 4.88 Å². The van der Waals surface area contributed by atoms with Crippen molar-refractivity contribution in [1.29, 1.82) is 0 Å². The number of hydrogen-bond acceptors (Lipinski definition) is 6. The van der Waals surface area contributed by atoms with E-state index in [4.69, 9.17) is 4.74 Å². The number of carbonyl (C=O) groups excluding carboxylic acids is 2. The number of carbonyl (C=O) groups is 2. The van der Waals surface area contributed by atoms with Crippen LogP contribution in [-0.2, 0) is 9.53 Å². The molecule has 6 nitrogen and oxygen atoms in total. The molecule has 8 heteroatoms. The minimum atomic E-state index is -0.510. The Morgan fingerprint density at radius 1 is 1.21 bits per heavy atom. The first kappa shape index (κ1) is 19.4. The summed E-state index contributed by atoms with van der Waals surface area (Å²) < 4.78 is 7.05. The van der Waals surface area contributed by atoms with Crippen LogP contribution in [0.1, 0.15) is 33.2 Å². The molecule has 1 aromatic carbocycles. The third-order valence-electron chi connectivity index (χ3n) is 4.43. The monoisotopic (exact) mass is 425 g/mol. The zero-order valence-corrected chi connectivity index (χ0v) is 17.5. The predicted octanol–water partition coefficient (Wildman–Crippen LogP) is 4.49. The van der Waals surface area contributed by atoms with Crippen LogP contribution in [0.3, 0.4) is 0 Å². The molecule has 0 saturated heterocycles. The van der Waals surface area contributed by atoms with Crippen molar-refractivity contribution in [3.05, 3.63) is 69.4 Å². The summed E-state index contributed by atoms with van der Waals surface area (Å²) in [5.74, 6) is -0.837. The van der Waals surface area contributed by atoms with Gasteiger partial charge in [-0.2, -0.15) is 5.10 Å². The number of nitrogens with one attached hydrogen (secondary N) is 1. The lowest BCUT2D eigenvalue weighted by Gasteiger charge is -2.12. The maximum absolute atomic E-state index is 12.5. The molecule has 0 aliphatic rings. The van der Waals surface area contributed by atoms with Gasteiger partial charge in [0.1, 0.15) is 9.71 Å². The molecule has 0 aliphatic heterocycles. The Hall–Kier alpha value is -2.97. The number of benzene rings is 1. The molecule has 148 valence electrons. The van der Waals surface area contributed by atoms with Crippen LogP contribution in [0.5, 0.6) is 0 Å². The van der Waals surface area contributed by atoms with Crippen LogP contribution in [0.15, 0.2) is 53.9 Å². The number of amides is 1. The first-order valence-corrected chi connectivity index (χ1v) is 10.8. The third kappa shape index (κ3) is 4.08. The minimum absolute atomic E-state index is 0.120. The lowest BCUT2D eigenvalue weighted by molar-refractivity contribution is -0.124. The van der Waals surface area contributed by atoms with Crippen LogP contribution in [-0.4, -0.2) is 28.3 Å². The standard InChI is InChI=1S/C21H19N3O3S2/c1-13-16-11-18(29-20(16)24(23-13)15-7-4-3-5-8-15)21(26)27-12-19(25)22-14(2)17-9-6-10-28-17/h3-11,14H,12H2,1-2H3,(H,22,25). The number of esters is 1. The highest BCUT2D eigenvalue weighted by molar-refractivity contribution is 7.20. The number of fused-ring (bicyclic) bond motifs is 1. The van der Waals surface area contributed by atoms with E-state index in [9.17, 15) is 9.59 Å². The van der Waals surface area contributed by atoms with Gasteiger partial charge in [-0.25, -0.2) is 9.48 Å². The van der Waals surface area contributed by atoms with E-state index in [2.05, 4.69) is 10.4 Å². The van der Waals surface area contributed by atoms with Crippen molar-refractivity contribution in [2.75, 3.05) is 6.61 Å². The summed E-state index contributed by atoms with van der Waals surface area (Å²) >= 11 is 2.88. The highest BCUT2D eigenvalue weighted by Gasteiger charge is 2.19. The van der Waals surface area contributed by atoms with Gasteiger partial charge in [-0.05, 0) is 43.5 Å². The average molecular weight is 426 g/mol. The van der Waals surface area contributed by atoms with Gasteiger partial charge in [0, 0.05) is 10.3 Å². The number of nitrogens with zero attached hydrogens (tertiary/aromatic N) is 2. The molecular formula is C21H19N3O3S2. The number of para-hydroxylation sites is 1. The molecule has 4 aromatic rings. The van der Waals surface area contributed by atoms with Gasteiger partial charge in [0.05, 0.1) is 17.4 Å². The molecule has 0 saturated carbocycles. The second-order valence-electron chi connectivity index (χ2n) is 6.54. The van der Waals surface area contributed by atoms with Gasteiger partial charge in [0.25, 0.3) is 5.91 Å². The van der Waals surface area contributed by atoms with Crippen LogP contribution >= 0.6 is 22.7 Å². The summed E-state index contributed by atoms with van der Waals surface area (Å²) in [6, 6.07) is 15.3. The van der Waals surface area contributed by atoms with Gasteiger partial charge < -0.3 is 10.1 Å². The van der Waals surface area contributed by atoms with E-state index in [1.165, 1.54) is 11.3 Å². The zero-order valence-electron chi connectivity index (χ0n) is 15.9. The first-order valence-electron chi connectivity index (χ1n) is 9.07. The summed E-state index contributed by atoms with van der Waals surface area (Å²) in [6.45, 7) is 3.49. The molecule has 29 heavy (non-hydrogen) atoms. The Morgan fingerprint density at radius 2 is 2.00 bits per heavy atom. The van der Waals surface area contributed by atoms with Gasteiger partial charge in [-0.15, -0.1) is 22.7 Å². The SMILES string of the molecule is Cc1nn(-c2ccccc2)c2sc(C(=O)OCC(=O)NC(C)c3cccs3)cc12. The Kier molecular flexibility index (Phi) is 5.46. The molecule has 1 N–H and O–H groups in total. The molecule has 4 rings (SSSR count). The van der Waals surface area contributed by atoms with Gasteiger partial charge in [-0.1, -0.05) is 24.3 Å². The summed E-state index contributed by atoms with van der Waals surface area (Å²) in [7, 11) is 0. The molecule has 1 unspecified atom stereocenters. The topological polar surface area (TPSA) is 73.2 Å². The number of hydrogen-bond donors (Lipinski definition) is 1. The zero-order chi connectivity index (χ0) is 20.4. The van der Waals surface area contributed by atoms with Crippen molar-refractivity contribution in [3.8, 4) is 5.69 Å². The molecule has 1 atom stereocenters. The second kappa shape index (κ2) is 8.18. The van der Waals surface area contributed by atoms with Crippen molar-refractivity contribution in [1.82, 2.24) is 15.1 Å². The fraction of sp³-hybridized carbons (Fsp3) is 0.190. The van der Waals surface area contributed by atoms with Crippen molar-refractivity contribution >= 4 is 44.8 Å². The maximum Gasteiger partial charge on any atom is 0.348 e. The number of thiophene rings is 2. The Labute approximate surface area is 175 Å². The molecule has 0 bridgehead atoms. The van der Waals surface area contributed by atoms with Crippen molar-refractivity contribution in [2.24, 2.45) is 0 Å². The van der Waals surface area contributed by atoms with Gasteiger partial charge >= 0.3 is 5.97 Å². The molecule has 0 aliphatic carbocycles. The van der Waals surface area contributed by atoms with Crippen LogP contribution in [0.4, 0.5) is 0 Å². The van der Waals surface area contributed by atoms with Crippen molar-refractivity contribution in [3.63, 3.8) is 0 Å². The minimum Gasteiger partial charge on any atom is -0.451 e. The fourth-order valence-electron chi connectivity index (χ4n) is 2.99. The smallest absolute Gasteiger partial charge is 0.348 e. The maximum atomic E-state index is 12.5. The lowest BCUT2D eigenvalue weighted by Crippen LogP contribution is -2.30. The summed E-state index contributed by atoms with van der Waals surface area (Å²) in [5.41, 5.74) is 1.76. The van der Waals surface area contributed by atoms with Crippen LogP contribution < -0.4 is 5.32 Å². The molecular weight excluding hydrogens is 406 g/mol. The normalized spacial score (nSPS) is 12.1. The van der Waals surface area contributed by atoms with E-state index in [0.717, 1.165) is 26.5 Å². The van der Waals surface area contributed by atoms with Crippen LogP contribution in [0.25, 0.3) is 15.9 Å². The van der Waals surface area contributed by atoms with E-state index < -0.39 is 5.97 Å². The van der Waals surface area contributed by atoms with Crippen LogP contribution in [0.2, 0.25) is 0 Å². The number of ether oxygens (including phenoxy) is 1. The molecule has 0 radical (unpaired) electrons. The van der Waals surface area contributed by atoms with E-state index in [1.807, 2.05) is 66.4 Å². The lowest BCUT2D eigenvalue weighted by atomic mass is 10.3. The summed E-state index contributed by atoms with van der Waals surface area (Å²) in [4.78, 5) is 26.9.